The van der Waals surface area contributed by atoms with Crippen molar-refractivity contribution in [3.05, 3.63) is 61.7 Å². The summed E-state index contributed by atoms with van der Waals surface area (Å²) >= 11 is 0. The molecule has 0 aliphatic carbocycles. The van der Waals surface area contributed by atoms with Gasteiger partial charge in [-0.15, -0.1) is 13.2 Å². The molecule has 1 aromatic rings. The fourth-order valence-electron chi connectivity index (χ4n) is 1.99. The zero-order chi connectivity index (χ0) is 12.0. The summed E-state index contributed by atoms with van der Waals surface area (Å²) in [6, 6.07) is 10.9. The average molecular weight is 228 g/mol. The van der Waals surface area contributed by atoms with Gasteiger partial charge < -0.3 is 0 Å². The van der Waals surface area contributed by atoms with Crippen LogP contribution in [0, 0.1) is 0 Å². The molecule has 16 heavy (non-hydrogen) atoms. The van der Waals surface area contributed by atoms with E-state index < -0.39 is 8.80 Å². The quantitative estimate of drug-likeness (QED) is 0.516. The van der Waals surface area contributed by atoms with Crippen LogP contribution in [0.3, 0.4) is 0 Å². The fourth-order valence-corrected chi connectivity index (χ4v) is 4.66. The molecule has 0 saturated carbocycles. The van der Waals surface area contributed by atoms with Crippen molar-refractivity contribution in [2.45, 2.75) is 19.0 Å². The molecule has 1 heteroatoms. The summed E-state index contributed by atoms with van der Waals surface area (Å²) in [5.41, 5.74) is 2.48. The van der Waals surface area contributed by atoms with Gasteiger partial charge in [0.25, 0.3) is 0 Å². The third-order valence-electron chi connectivity index (χ3n) is 2.76. The van der Waals surface area contributed by atoms with Crippen molar-refractivity contribution in [2.75, 3.05) is 0 Å². The Kier molecular flexibility index (Phi) is 5.00. The van der Waals surface area contributed by atoms with Crippen molar-refractivity contribution in [2.24, 2.45) is 0 Å². The second-order valence-corrected chi connectivity index (χ2v) is 7.07. The van der Waals surface area contributed by atoms with Crippen molar-refractivity contribution < 1.29 is 0 Å². The van der Waals surface area contributed by atoms with Crippen molar-refractivity contribution in [1.82, 2.24) is 0 Å². The summed E-state index contributed by atoms with van der Waals surface area (Å²) in [6.07, 6.45) is 4.07. The molecule has 0 radical (unpaired) electrons. The number of rotatable bonds is 6. The highest BCUT2D eigenvalue weighted by molar-refractivity contribution is 6.74. The topological polar surface area (TPSA) is 0 Å². The SMILES string of the molecule is C=CC[SiH](CC=C)c1ccccc1C(=C)C. The molecular formula is C15H20Si. The minimum absolute atomic E-state index is 0.985. The lowest BCUT2D eigenvalue weighted by Crippen LogP contribution is -2.31. The minimum Gasteiger partial charge on any atom is -0.103 e. The minimum atomic E-state index is -0.985. The van der Waals surface area contributed by atoms with Gasteiger partial charge in [0, 0.05) is 0 Å². The molecule has 0 aliphatic rings. The van der Waals surface area contributed by atoms with Gasteiger partial charge in [0.05, 0.1) is 8.80 Å². The van der Waals surface area contributed by atoms with Gasteiger partial charge in [-0.25, -0.2) is 0 Å². The summed E-state index contributed by atoms with van der Waals surface area (Å²) in [4.78, 5) is 0. The van der Waals surface area contributed by atoms with Crippen LogP contribution in [0.15, 0.2) is 56.2 Å². The Balaban J connectivity index is 3.11. The van der Waals surface area contributed by atoms with E-state index in [4.69, 9.17) is 0 Å². The smallest absolute Gasteiger partial charge is 0.0790 e. The van der Waals surface area contributed by atoms with Gasteiger partial charge in [0.2, 0.25) is 0 Å². The summed E-state index contributed by atoms with van der Waals surface area (Å²) in [5.74, 6) is 0. The van der Waals surface area contributed by atoms with Crippen LogP contribution in [-0.4, -0.2) is 8.80 Å². The van der Waals surface area contributed by atoms with Crippen LogP contribution in [0.2, 0.25) is 12.1 Å². The maximum Gasteiger partial charge on any atom is 0.0790 e. The molecule has 0 bridgehead atoms. The van der Waals surface area contributed by atoms with Gasteiger partial charge in [-0.3, -0.25) is 0 Å². The van der Waals surface area contributed by atoms with Crippen molar-refractivity contribution in [1.29, 1.82) is 0 Å². The fraction of sp³-hybridized carbons (Fsp3) is 0.200. The largest absolute Gasteiger partial charge is 0.103 e. The van der Waals surface area contributed by atoms with E-state index in [9.17, 15) is 0 Å². The van der Waals surface area contributed by atoms with Crippen molar-refractivity contribution in [3.8, 4) is 0 Å². The summed E-state index contributed by atoms with van der Waals surface area (Å²) < 4.78 is 0. The van der Waals surface area contributed by atoms with E-state index in [-0.39, 0.29) is 0 Å². The van der Waals surface area contributed by atoms with Gasteiger partial charge in [0.1, 0.15) is 0 Å². The maximum atomic E-state index is 4.06. The predicted octanol–water partition coefficient (Wildman–Crippen LogP) is 3.53. The molecule has 0 aliphatic heterocycles. The zero-order valence-corrected chi connectivity index (χ0v) is 11.2. The maximum absolute atomic E-state index is 4.06. The van der Waals surface area contributed by atoms with Crippen LogP contribution in [0.25, 0.3) is 5.57 Å². The molecule has 0 N–H and O–H groups in total. The molecule has 1 aromatic carbocycles. The van der Waals surface area contributed by atoms with Gasteiger partial charge in [0.15, 0.2) is 0 Å². The van der Waals surface area contributed by atoms with E-state index in [0.717, 1.165) is 17.7 Å². The first-order chi connectivity index (χ1) is 7.70. The molecule has 0 aromatic heterocycles. The molecule has 84 valence electrons. The Hall–Kier alpha value is -1.34. The Morgan fingerprint density at radius 1 is 1.19 bits per heavy atom. The number of benzene rings is 1. The van der Waals surface area contributed by atoms with Gasteiger partial charge in [-0.05, 0) is 24.6 Å². The summed E-state index contributed by atoms with van der Waals surface area (Å²) in [5, 5.41) is 1.50. The number of hydrogen-bond acceptors (Lipinski definition) is 0. The molecule has 0 spiro atoms. The van der Waals surface area contributed by atoms with E-state index in [1.165, 1.54) is 10.8 Å². The highest BCUT2D eigenvalue weighted by Crippen LogP contribution is 2.13. The Morgan fingerprint density at radius 2 is 1.75 bits per heavy atom. The lowest BCUT2D eigenvalue weighted by molar-refractivity contribution is 1.52. The van der Waals surface area contributed by atoms with E-state index in [1.807, 2.05) is 12.2 Å². The molecule has 0 nitrogen and oxygen atoms in total. The van der Waals surface area contributed by atoms with Crippen LogP contribution in [0.4, 0.5) is 0 Å². The molecule has 0 atom stereocenters. The standard InChI is InChI=1S/C15H20Si/c1-5-11-16(12-6-2)15-10-8-7-9-14(15)13(3)4/h5-10,16H,1-3,11-12H2,4H3. The normalized spacial score (nSPS) is 10.1. The third-order valence-corrected chi connectivity index (χ3v) is 5.95. The average Bonchev–Trinajstić information content (AvgIpc) is 2.29. The van der Waals surface area contributed by atoms with E-state index in [2.05, 4.69) is 50.9 Å². The van der Waals surface area contributed by atoms with Crippen molar-refractivity contribution >= 4 is 19.6 Å². The highest BCUT2D eigenvalue weighted by atomic mass is 28.3. The Bertz CT molecular complexity index is 380. The van der Waals surface area contributed by atoms with Crippen LogP contribution in [0.5, 0.6) is 0 Å². The lowest BCUT2D eigenvalue weighted by Gasteiger charge is -2.16. The Labute approximate surface area is 101 Å². The highest BCUT2D eigenvalue weighted by Gasteiger charge is 2.14. The van der Waals surface area contributed by atoms with E-state index in [1.54, 1.807) is 0 Å². The first kappa shape index (κ1) is 12.7. The van der Waals surface area contributed by atoms with Gasteiger partial charge >= 0.3 is 0 Å². The molecule has 1 rings (SSSR count). The van der Waals surface area contributed by atoms with Crippen LogP contribution in [-0.2, 0) is 0 Å². The second-order valence-electron chi connectivity index (χ2n) is 4.11. The summed E-state index contributed by atoms with van der Waals surface area (Å²) in [6.45, 7) is 13.9. The number of hydrogen-bond donors (Lipinski definition) is 0. The molecule has 0 amide bonds. The van der Waals surface area contributed by atoms with Crippen LogP contribution < -0.4 is 5.19 Å². The molecule has 0 fully saturated rings. The monoisotopic (exact) mass is 228 g/mol. The van der Waals surface area contributed by atoms with E-state index in [0.29, 0.717) is 0 Å². The van der Waals surface area contributed by atoms with Crippen LogP contribution >= 0.6 is 0 Å². The molecule has 0 saturated heterocycles. The van der Waals surface area contributed by atoms with E-state index >= 15 is 0 Å². The molecule has 0 heterocycles. The van der Waals surface area contributed by atoms with Crippen molar-refractivity contribution in [3.63, 3.8) is 0 Å². The van der Waals surface area contributed by atoms with Gasteiger partial charge in [-0.2, -0.15) is 0 Å². The summed E-state index contributed by atoms with van der Waals surface area (Å²) in [7, 11) is -0.985. The molecule has 0 unspecified atom stereocenters. The number of allylic oxidation sites excluding steroid dienone is 3. The lowest BCUT2D eigenvalue weighted by atomic mass is 10.1. The first-order valence-electron chi connectivity index (χ1n) is 5.67. The van der Waals surface area contributed by atoms with Gasteiger partial charge in [-0.1, -0.05) is 53.8 Å². The predicted molar refractivity (Wildman–Crippen MR) is 77.9 cm³/mol. The zero-order valence-electron chi connectivity index (χ0n) is 10.1. The molecular weight excluding hydrogens is 208 g/mol. The second kappa shape index (κ2) is 6.29. The van der Waals surface area contributed by atoms with Crippen LogP contribution in [0.1, 0.15) is 12.5 Å². The Morgan fingerprint density at radius 3 is 2.25 bits per heavy atom. The third kappa shape index (κ3) is 3.07. The first-order valence-corrected chi connectivity index (χ1v) is 7.88.